The molecular weight excluding hydrogens is 400 g/mol. The van der Waals surface area contributed by atoms with Crippen LogP contribution in [0.4, 0.5) is 11.4 Å². The zero-order valence-electron chi connectivity index (χ0n) is 17.1. The monoisotopic (exact) mass is 424 g/mol. The molecule has 5 rings (SSSR count). The van der Waals surface area contributed by atoms with Gasteiger partial charge in [0.1, 0.15) is 0 Å². The summed E-state index contributed by atoms with van der Waals surface area (Å²) < 4.78 is 0. The number of nitro groups is 1. The van der Waals surface area contributed by atoms with Crippen molar-refractivity contribution in [1.29, 1.82) is 0 Å². The SMILES string of the molecule is O=C(CCN1C(=O)[C@@H]2[C@@H](C1=O)[C@H]1C=C[C@H]2C1)N1CCN(c2ccc([N+](=O)[O-])cc2)CC1. The molecule has 4 aliphatic rings. The lowest BCUT2D eigenvalue weighted by Crippen LogP contribution is -2.49. The molecule has 2 bridgehead atoms. The first-order valence-electron chi connectivity index (χ1n) is 10.7. The highest BCUT2D eigenvalue weighted by atomic mass is 16.6. The number of nitro benzene ring substituents is 1. The van der Waals surface area contributed by atoms with Crippen LogP contribution in [-0.4, -0.2) is 65.2 Å². The second-order valence-corrected chi connectivity index (χ2v) is 8.72. The first-order chi connectivity index (χ1) is 14.9. The smallest absolute Gasteiger partial charge is 0.269 e. The number of benzene rings is 1. The van der Waals surface area contributed by atoms with E-state index >= 15 is 0 Å². The zero-order valence-corrected chi connectivity index (χ0v) is 17.1. The summed E-state index contributed by atoms with van der Waals surface area (Å²) in [4.78, 5) is 53.7. The quantitative estimate of drug-likeness (QED) is 0.307. The Labute approximate surface area is 179 Å². The van der Waals surface area contributed by atoms with Crippen LogP contribution in [0.1, 0.15) is 12.8 Å². The number of amides is 3. The largest absolute Gasteiger partial charge is 0.368 e. The number of hydrogen-bond donors (Lipinski definition) is 0. The van der Waals surface area contributed by atoms with Gasteiger partial charge in [-0.3, -0.25) is 29.4 Å². The fourth-order valence-electron chi connectivity index (χ4n) is 5.55. The molecule has 1 aromatic rings. The Balaban J connectivity index is 1.13. The third-order valence-electron chi connectivity index (χ3n) is 7.17. The van der Waals surface area contributed by atoms with Gasteiger partial charge >= 0.3 is 0 Å². The number of piperazine rings is 1. The summed E-state index contributed by atoms with van der Waals surface area (Å²) in [5.41, 5.74) is 0.942. The summed E-state index contributed by atoms with van der Waals surface area (Å²) in [7, 11) is 0. The van der Waals surface area contributed by atoms with Crippen LogP contribution in [-0.2, 0) is 14.4 Å². The van der Waals surface area contributed by atoms with Crippen molar-refractivity contribution in [1.82, 2.24) is 9.80 Å². The van der Waals surface area contributed by atoms with Gasteiger partial charge in [-0.15, -0.1) is 0 Å². The lowest BCUT2D eigenvalue weighted by molar-refractivity contribution is -0.384. The van der Waals surface area contributed by atoms with Gasteiger partial charge in [-0.05, 0) is 30.4 Å². The maximum Gasteiger partial charge on any atom is 0.269 e. The molecule has 2 aliphatic heterocycles. The number of carbonyl (C=O) groups is 3. The molecule has 1 saturated carbocycles. The molecular formula is C22H24N4O5. The third kappa shape index (κ3) is 3.28. The fraction of sp³-hybridized carbons (Fsp3) is 0.500. The zero-order chi connectivity index (χ0) is 21.7. The van der Waals surface area contributed by atoms with Gasteiger partial charge in [-0.25, -0.2) is 0 Å². The topological polar surface area (TPSA) is 104 Å². The van der Waals surface area contributed by atoms with E-state index in [1.165, 1.54) is 17.0 Å². The van der Waals surface area contributed by atoms with Gasteiger partial charge in [0.15, 0.2) is 0 Å². The van der Waals surface area contributed by atoms with Crippen molar-refractivity contribution in [2.24, 2.45) is 23.7 Å². The average molecular weight is 424 g/mol. The van der Waals surface area contributed by atoms with Crippen molar-refractivity contribution in [3.63, 3.8) is 0 Å². The number of allylic oxidation sites excluding steroid dienone is 2. The first-order valence-corrected chi connectivity index (χ1v) is 10.7. The van der Waals surface area contributed by atoms with Crippen LogP contribution >= 0.6 is 0 Å². The number of fused-ring (bicyclic) bond motifs is 5. The Morgan fingerprint density at radius 2 is 1.55 bits per heavy atom. The summed E-state index contributed by atoms with van der Waals surface area (Å²) in [6.45, 7) is 2.49. The Morgan fingerprint density at radius 3 is 2.10 bits per heavy atom. The number of likely N-dealkylation sites (tertiary alicyclic amines) is 1. The van der Waals surface area contributed by atoms with Crippen molar-refractivity contribution in [2.45, 2.75) is 12.8 Å². The molecule has 0 aromatic heterocycles. The molecule has 0 spiro atoms. The highest BCUT2D eigenvalue weighted by molar-refractivity contribution is 6.06. The third-order valence-corrected chi connectivity index (χ3v) is 7.17. The first kappa shape index (κ1) is 19.7. The van der Waals surface area contributed by atoms with Gasteiger partial charge in [-0.1, -0.05) is 12.2 Å². The summed E-state index contributed by atoms with van der Waals surface area (Å²) in [6.07, 6.45) is 5.18. The van der Waals surface area contributed by atoms with Crippen LogP contribution in [0.5, 0.6) is 0 Å². The number of hydrogen-bond acceptors (Lipinski definition) is 6. The van der Waals surface area contributed by atoms with E-state index in [1.807, 2.05) is 0 Å². The van der Waals surface area contributed by atoms with E-state index in [9.17, 15) is 24.5 Å². The Morgan fingerprint density at radius 1 is 0.968 bits per heavy atom. The maximum atomic E-state index is 12.7. The van der Waals surface area contributed by atoms with Gasteiger partial charge in [0.25, 0.3) is 5.69 Å². The van der Waals surface area contributed by atoms with Gasteiger partial charge in [0.2, 0.25) is 17.7 Å². The molecule has 9 nitrogen and oxygen atoms in total. The highest BCUT2D eigenvalue weighted by Gasteiger charge is 2.59. The van der Waals surface area contributed by atoms with E-state index < -0.39 is 4.92 Å². The minimum atomic E-state index is -0.426. The van der Waals surface area contributed by atoms with Crippen LogP contribution in [0.2, 0.25) is 0 Å². The van der Waals surface area contributed by atoms with Crippen LogP contribution in [0.25, 0.3) is 0 Å². The van der Waals surface area contributed by atoms with Crippen LogP contribution in [0.15, 0.2) is 36.4 Å². The van der Waals surface area contributed by atoms with Crippen molar-refractivity contribution in [3.8, 4) is 0 Å². The predicted octanol–water partition coefficient (Wildman–Crippen LogP) is 1.44. The van der Waals surface area contributed by atoms with Crippen molar-refractivity contribution >= 4 is 29.1 Å². The predicted molar refractivity (Wildman–Crippen MR) is 111 cm³/mol. The number of carbonyl (C=O) groups excluding carboxylic acids is 3. The lowest BCUT2D eigenvalue weighted by Gasteiger charge is -2.36. The second kappa shape index (κ2) is 7.47. The molecule has 4 atom stereocenters. The standard InChI is InChI=1S/C22H24N4O5/c27-18(7-8-25-21(28)19-14-1-2-15(13-14)20(19)22(25)29)24-11-9-23(10-12-24)16-3-5-17(6-4-16)26(30)31/h1-6,14-15,19-20H,7-13H2/t14-,15-,19-,20-/m0/s1. The Kier molecular flexibility index (Phi) is 4.75. The van der Waals surface area contributed by atoms with E-state index in [4.69, 9.17) is 0 Å². The average Bonchev–Trinajstić information content (AvgIpc) is 3.46. The number of anilines is 1. The molecule has 1 aromatic carbocycles. The fourth-order valence-corrected chi connectivity index (χ4v) is 5.55. The van der Waals surface area contributed by atoms with E-state index in [2.05, 4.69) is 17.1 Å². The van der Waals surface area contributed by atoms with Crippen LogP contribution in [0.3, 0.4) is 0 Å². The van der Waals surface area contributed by atoms with Crippen LogP contribution < -0.4 is 4.90 Å². The molecule has 2 saturated heterocycles. The normalized spacial score (nSPS) is 29.1. The molecule has 3 amide bonds. The van der Waals surface area contributed by atoms with Gasteiger partial charge in [-0.2, -0.15) is 0 Å². The number of rotatable bonds is 5. The summed E-state index contributed by atoms with van der Waals surface area (Å²) in [6, 6.07) is 6.40. The highest BCUT2D eigenvalue weighted by Crippen LogP contribution is 2.52. The summed E-state index contributed by atoms with van der Waals surface area (Å²) in [5.74, 6) is -0.350. The van der Waals surface area contributed by atoms with Gasteiger partial charge < -0.3 is 9.80 Å². The van der Waals surface area contributed by atoms with E-state index in [0.717, 1.165) is 12.1 Å². The number of imide groups is 1. The minimum Gasteiger partial charge on any atom is -0.368 e. The number of non-ortho nitro benzene ring substituents is 1. The molecule has 0 N–H and O–H groups in total. The van der Waals surface area contributed by atoms with E-state index in [0.29, 0.717) is 26.2 Å². The Hall–Kier alpha value is -3.23. The minimum absolute atomic E-state index is 0.0523. The molecule has 2 heterocycles. The lowest BCUT2D eigenvalue weighted by atomic mass is 9.85. The molecule has 162 valence electrons. The summed E-state index contributed by atoms with van der Waals surface area (Å²) in [5, 5.41) is 10.8. The van der Waals surface area contributed by atoms with Crippen molar-refractivity contribution in [3.05, 3.63) is 46.5 Å². The van der Waals surface area contributed by atoms with Gasteiger partial charge in [0, 0.05) is 57.0 Å². The molecule has 0 unspecified atom stereocenters. The maximum absolute atomic E-state index is 12.7. The second-order valence-electron chi connectivity index (χ2n) is 8.72. The van der Waals surface area contributed by atoms with Crippen LogP contribution in [0, 0.1) is 33.8 Å². The number of nitrogens with zero attached hydrogens (tertiary/aromatic N) is 4. The van der Waals surface area contributed by atoms with E-state index in [1.54, 1.807) is 17.0 Å². The van der Waals surface area contributed by atoms with Crippen molar-refractivity contribution in [2.75, 3.05) is 37.6 Å². The molecule has 3 fully saturated rings. The van der Waals surface area contributed by atoms with Gasteiger partial charge in [0.05, 0.1) is 16.8 Å². The molecule has 31 heavy (non-hydrogen) atoms. The molecule has 2 aliphatic carbocycles. The Bertz CT molecular complexity index is 937. The summed E-state index contributed by atoms with van der Waals surface area (Å²) >= 11 is 0. The van der Waals surface area contributed by atoms with Crippen molar-refractivity contribution < 1.29 is 19.3 Å². The molecule has 9 heteroatoms. The van der Waals surface area contributed by atoms with E-state index in [-0.39, 0.29) is 60.0 Å². The molecule has 0 radical (unpaired) electrons.